The average Bonchev–Trinajstić information content (AvgIpc) is 2.68. The SMILES string of the molecule is CC(=O)C1=CC=C2O[C@@H]3OC(C)(C)O[C@@H]3[C@H]2C1. The van der Waals surface area contributed by atoms with E-state index in [2.05, 4.69) is 0 Å². The van der Waals surface area contributed by atoms with Crippen molar-refractivity contribution >= 4 is 5.78 Å². The van der Waals surface area contributed by atoms with Crippen LogP contribution in [0, 0.1) is 5.92 Å². The first kappa shape index (κ1) is 11.0. The zero-order valence-electron chi connectivity index (χ0n) is 10.2. The molecule has 0 saturated carbocycles. The number of Topliss-reactive ketones (excluding diaryl/α,β-unsaturated/α-hetero) is 1. The van der Waals surface area contributed by atoms with E-state index in [1.807, 2.05) is 26.0 Å². The molecule has 4 heteroatoms. The number of ketones is 1. The number of allylic oxidation sites excluding steroid dienone is 3. The number of rotatable bonds is 1. The summed E-state index contributed by atoms with van der Waals surface area (Å²) < 4.78 is 17.2. The number of carbonyl (C=O) groups is 1. The molecule has 0 aromatic carbocycles. The molecule has 2 saturated heterocycles. The van der Waals surface area contributed by atoms with Gasteiger partial charge in [0, 0.05) is 0 Å². The third-order valence-corrected chi connectivity index (χ3v) is 3.44. The molecule has 3 atom stereocenters. The molecule has 0 amide bonds. The van der Waals surface area contributed by atoms with Crippen LogP contribution in [0.3, 0.4) is 0 Å². The largest absolute Gasteiger partial charge is 0.466 e. The van der Waals surface area contributed by atoms with E-state index in [1.165, 1.54) is 0 Å². The van der Waals surface area contributed by atoms with Gasteiger partial charge < -0.3 is 14.2 Å². The number of hydrogen-bond acceptors (Lipinski definition) is 4. The first-order chi connectivity index (χ1) is 7.96. The molecule has 0 bridgehead atoms. The molecule has 0 aromatic heterocycles. The van der Waals surface area contributed by atoms with Crippen LogP contribution in [0.2, 0.25) is 0 Å². The van der Waals surface area contributed by atoms with E-state index in [1.54, 1.807) is 6.92 Å². The summed E-state index contributed by atoms with van der Waals surface area (Å²) in [4.78, 5) is 11.4. The summed E-state index contributed by atoms with van der Waals surface area (Å²) in [5.41, 5.74) is 0.830. The Bertz CT molecular complexity index is 433. The van der Waals surface area contributed by atoms with E-state index >= 15 is 0 Å². The first-order valence-corrected chi connectivity index (χ1v) is 5.90. The number of carbonyl (C=O) groups excluding carboxylic acids is 1. The second-order valence-electron chi connectivity index (χ2n) is 5.21. The van der Waals surface area contributed by atoms with Gasteiger partial charge in [-0.1, -0.05) is 6.08 Å². The molecule has 2 fully saturated rings. The molecule has 0 radical (unpaired) electrons. The van der Waals surface area contributed by atoms with Crippen LogP contribution in [0.25, 0.3) is 0 Å². The minimum atomic E-state index is -0.599. The maximum atomic E-state index is 11.4. The van der Waals surface area contributed by atoms with E-state index in [9.17, 15) is 4.79 Å². The maximum absolute atomic E-state index is 11.4. The van der Waals surface area contributed by atoms with E-state index < -0.39 is 5.79 Å². The van der Waals surface area contributed by atoms with Crippen LogP contribution in [0.1, 0.15) is 27.2 Å². The Morgan fingerprint density at radius 2 is 2.12 bits per heavy atom. The van der Waals surface area contributed by atoms with Crippen LogP contribution in [-0.4, -0.2) is 24.0 Å². The minimum absolute atomic E-state index is 0.0979. The quantitative estimate of drug-likeness (QED) is 0.697. The molecular weight excluding hydrogens is 220 g/mol. The first-order valence-electron chi connectivity index (χ1n) is 5.90. The highest BCUT2D eigenvalue weighted by Gasteiger charge is 2.53. The summed E-state index contributed by atoms with van der Waals surface area (Å²) >= 11 is 0. The monoisotopic (exact) mass is 236 g/mol. The maximum Gasteiger partial charge on any atom is 0.229 e. The van der Waals surface area contributed by atoms with Gasteiger partial charge in [-0.25, -0.2) is 0 Å². The average molecular weight is 236 g/mol. The fourth-order valence-corrected chi connectivity index (χ4v) is 2.63. The van der Waals surface area contributed by atoms with Crippen molar-refractivity contribution in [1.29, 1.82) is 0 Å². The lowest BCUT2D eigenvalue weighted by Crippen LogP contribution is -2.27. The van der Waals surface area contributed by atoms with Gasteiger partial charge in [0.2, 0.25) is 6.29 Å². The summed E-state index contributed by atoms with van der Waals surface area (Å²) in [5, 5.41) is 0. The summed E-state index contributed by atoms with van der Waals surface area (Å²) in [5.74, 6) is 0.506. The molecule has 0 N–H and O–H groups in total. The van der Waals surface area contributed by atoms with Crippen molar-refractivity contribution in [2.24, 2.45) is 5.92 Å². The van der Waals surface area contributed by atoms with Crippen LogP contribution in [0.15, 0.2) is 23.5 Å². The third kappa shape index (κ3) is 1.72. The standard InChI is InChI=1S/C13H16O4/c1-7(14)8-4-5-10-9(6-8)11-12(15-10)17-13(2,3)16-11/h4-5,9,11-12H,6H2,1-3H3/t9-,11+,12+/m0/s1. The molecule has 3 aliphatic rings. The lowest BCUT2D eigenvalue weighted by Gasteiger charge is -2.23. The highest BCUT2D eigenvalue weighted by molar-refractivity contribution is 5.93. The van der Waals surface area contributed by atoms with Crippen molar-refractivity contribution in [2.75, 3.05) is 0 Å². The summed E-state index contributed by atoms with van der Waals surface area (Å²) in [6.07, 6.45) is 3.95. The van der Waals surface area contributed by atoms with Gasteiger partial charge in [-0.3, -0.25) is 4.79 Å². The second-order valence-corrected chi connectivity index (χ2v) is 5.21. The smallest absolute Gasteiger partial charge is 0.229 e. The highest BCUT2D eigenvalue weighted by atomic mass is 16.8. The van der Waals surface area contributed by atoms with Crippen LogP contribution in [-0.2, 0) is 19.0 Å². The van der Waals surface area contributed by atoms with Gasteiger partial charge in [-0.2, -0.15) is 0 Å². The number of hydrogen-bond donors (Lipinski definition) is 0. The van der Waals surface area contributed by atoms with Crippen molar-refractivity contribution in [2.45, 2.75) is 45.4 Å². The van der Waals surface area contributed by atoms with Crippen molar-refractivity contribution in [3.8, 4) is 0 Å². The number of fused-ring (bicyclic) bond motifs is 3. The Balaban J connectivity index is 1.84. The van der Waals surface area contributed by atoms with Crippen LogP contribution < -0.4 is 0 Å². The Labute approximate surface area is 100 Å². The van der Waals surface area contributed by atoms with Crippen molar-refractivity contribution in [3.05, 3.63) is 23.5 Å². The highest BCUT2D eigenvalue weighted by Crippen LogP contribution is 2.46. The van der Waals surface area contributed by atoms with E-state index in [0.717, 1.165) is 11.3 Å². The fraction of sp³-hybridized carbons (Fsp3) is 0.615. The molecule has 0 aromatic rings. The lowest BCUT2D eigenvalue weighted by molar-refractivity contribution is -0.186. The zero-order valence-corrected chi connectivity index (χ0v) is 10.2. The Hall–Kier alpha value is -1.13. The predicted molar refractivity (Wildman–Crippen MR) is 59.9 cm³/mol. The van der Waals surface area contributed by atoms with Crippen molar-refractivity contribution < 1.29 is 19.0 Å². The lowest BCUT2D eigenvalue weighted by atomic mass is 9.88. The van der Waals surface area contributed by atoms with Crippen molar-refractivity contribution in [1.82, 2.24) is 0 Å². The van der Waals surface area contributed by atoms with Gasteiger partial charge in [0.1, 0.15) is 11.9 Å². The Morgan fingerprint density at radius 1 is 1.35 bits per heavy atom. The van der Waals surface area contributed by atoms with E-state index in [0.29, 0.717) is 6.42 Å². The molecule has 1 aliphatic carbocycles. The van der Waals surface area contributed by atoms with Crippen molar-refractivity contribution in [3.63, 3.8) is 0 Å². The molecule has 2 heterocycles. The molecule has 3 rings (SSSR count). The molecule has 17 heavy (non-hydrogen) atoms. The van der Waals surface area contributed by atoms with Crippen LogP contribution in [0.5, 0.6) is 0 Å². The van der Waals surface area contributed by atoms with E-state index in [4.69, 9.17) is 14.2 Å². The second kappa shape index (κ2) is 3.43. The van der Waals surface area contributed by atoms with Crippen LogP contribution >= 0.6 is 0 Å². The van der Waals surface area contributed by atoms with Gasteiger partial charge >= 0.3 is 0 Å². The molecule has 2 aliphatic heterocycles. The van der Waals surface area contributed by atoms with Gasteiger partial charge in [0.15, 0.2) is 11.6 Å². The molecular formula is C13H16O4. The van der Waals surface area contributed by atoms with Gasteiger partial charge in [-0.15, -0.1) is 0 Å². The topological polar surface area (TPSA) is 44.8 Å². The number of ether oxygens (including phenoxy) is 3. The Morgan fingerprint density at radius 3 is 2.82 bits per heavy atom. The zero-order chi connectivity index (χ0) is 12.2. The van der Waals surface area contributed by atoms with E-state index in [-0.39, 0.29) is 24.1 Å². The summed E-state index contributed by atoms with van der Waals surface area (Å²) in [7, 11) is 0. The normalized spacial score (nSPS) is 37.7. The molecule has 92 valence electrons. The minimum Gasteiger partial charge on any atom is -0.466 e. The van der Waals surface area contributed by atoms with Gasteiger partial charge in [0.05, 0.1) is 5.92 Å². The van der Waals surface area contributed by atoms with Crippen LogP contribution in [0.4, 0.5) is 0 Å². The third-order valence-electron chi connectivity index (χ3n) is 3.44. The van der Waals surface area contributed by atoms with Gasteiger partial charge in [-0.05, 0) is 38.8 Å². The molecule has 0 spiro atoms. The molecule has 4 nitrogen and oxygen atoms in total. The van der Waals surface area contributed by atoms with Gasteiger partial charge in [0.25, 0.3) is 0 Å². The Kier molecular flexibility index (Phi) is 2.22. The summed E-state index contributed by atoms with van der Waals surface area (Å²) in [6, 6.07) is 0. The predicted octanol–water partition coefficient (Wildman–Crippen LogP) is 1.91. The molecule has 0 unspecified atom stereocenters. The summed E-state index contributed by atoms with van der Waals surface area (Å²) in [6.45, 7) is 5.35. The fourth-order valence-electron chi connectivity index (χ4n) is 2.63.